The Morgan fingerprint density at radius 3 is 2.53 bits per heavy atom. The summed E-state index contributed by atoms with van der Waals surface area (Å²) in [6.07, 6.45) is 4.45. The van der Waals surface area contributed by atoms with Crippen LogP contribution in [0, 0.1) is 0 Å². The quantitative estimate of drug-likeness (QED) is 0.608. The van der Waals surface area contributed by atoms with E-state index in [9.17, 15) is 0 Å². The molecule has 0 aromatic heterocycles. The van der Waals surface area contributed by atoms with Gasteiger partial charge in [-0.15, -0.1) is 13.2 Å². The van der Waals surface area contributed by atoms with E-state index in [1.165, 1.54) is 5.56 Å². The Bertz CT molecular complexity index is 319. The van der Waals surface area contributed by atoms with Gasteiger partial charge in [0.05, 0.1) is 25.9 Å². The lowest BCUT2D eigenvalue weighted by Gasteiger charge is -2.15. The molecular formula is C15H20O2. The number of hydrogen-bond acceptors (Lipinski definition) is 2. The van der Waals surface area contributed by atoms with Crippen LogP contribution in [0.5, 0.6) is 0 Å². The van der Waals surface area contributed by atoms with Gasteiger partial charge < -0.3 is 9.47 Å². The van der Waals surface area contributed by atoms with Crippen molar-refractivity contribution in [1.29, 1.82) is 0 Å². The van der Waals surface area contributed by atoms with Crippen LogP contribution < -0.4 is 0 Å². The lowest BCUT2D eigenvalue weighted by Crippen LogP contribution is -2.19. The molecule has 1 rings (SSSR count). The van der Waals surface area contributed by atoms with Gasteiger partial charge >= 0.3 is 0 Å². The summed E-state index contributed by atoms with van der Waals surface area (Å²) in [7, 11) is 0. The smallest absolute Gasteiger partial charge is 0.0847 e. The van der Waals surface area contributed by atoms with Gasteiger partial charge in [0.15, 0.2) is 0 Å². The second-order valence-electron chi connectivity index (χ2n) is 3.77. The third-order valence-corrected chi connectivity index (χ3v) is 2.29. The van der Waals surface area contributed by atoms with Gasteiger partial charge in [-0.25, -0.2) is 0 Å². The fraction of sp³-hybridized carbons (Fsp3) is 0.333. The van der Waals surface area contributed by atoms with Gasteiger partial charge in [-0.05, 0) is 12.0 Å². The van der Waals surface area contributed by atoms with Crippen molar-refractivity contribution in [2.24, 2.45) is 0 Å². The number of rotatable bonds is 9. The summed E-state index contributed by atoms with van der Waals surface area (Å²) in [6.45, 7) is 9.09. The van der Waals surface area contributed by atoms with E-state index >= 15 is 0 Å². The van der Waals surface area contributed by atoms with Crippen molar-refractivity contribution < 1.29 is 9.47 Å². The Kier molecular flexibility index (Phi) is 7.03. The predicted octanol–water partition coefficient (Wildman–Crippen LogP) is 3.35. The van der Waals surface area contributed by atoms with E-state index in [0.29, 0.717) is 19.8 Å². The Morgan fingerprint density at radius 2 is 1.88 bits per heavy atom. The van der Waals surface area contributed by atoms with Crippen molar-refractivity contribution in [3.63, 3.8) is 0 Å². The van der Waals surface area contributed by atoms with Crippen LogP contribution in [0.4, 0.5) is 0 Å². The van der Waals surface area contributed by atoms with Crippen molar-refractivity contribution in [3.8, 4) is 0 Å². The molecule has 2 heteroatoms. The van der Waals surface area contributed by atoms with E-state index < -0.39 is 0 Å². The van der Waals surface area contributed by atoms with E-state index in [1.54, 1.807) is 6.08 Å². The van der Waals surface area contributed by atoms with Gasteiger partial charge in [-0.3, -0.25) is 0 Å². The van der Waals surface area contributed by atoms with Crippen LogP contribution in [0.25, 0.3) is 0 Å². The minimum atomic E-state index is 0.0641. The molecule has 0 spiro atoms. The van der Waals surface area contributed by atoms with Crippen molar-refractivity contribution in [2.75, 3.05) is 13.2 Å². The molecule has 1 unspecified atom stereocenters. The molecule has 0 saturated carbocycles. The highest BCUT2D eigenvalue weighted by molar-refractivity contribution is 5.13. The largest absolute Gasteiger partial charge is 0.374 e. The maximum atomic E-state index is 5.62. The average molecular weight is 232 g/mol. The second kappa shape index (κ2) is 8.74. The van der Waals surface area contributed by atoms with Crippen LogP contribution in [-0.4, -0.2) is 19.3 Å². The first-order valence-electron chi connectivity index (χ1n) is 5.82. The molecule has 0 amide bonds. The molecule has 2 nitrogen and oxygen atoms in total. The molecule has 0 radical (unpaired) electrons. The molecule has 0 fully saturated rings. The summed E-state index contributed by atoms with van der Waals surface area (Å²) in [5.41, 5.74) is 1.17. The average Bonchev–Trinajstić information content (AvgIpc) is 2.37. The van der Waals surface area contributed by atoms with Gasteiger partial charge in [0.25, 0.3) is 0 Å². The standard InChI is InChI=1S/C15H20O2/c1-3-8-15(17-11-4-2)13-16-12-14-9-6-5-7-10-14/h3-7,9-10,15H,1-2,8,11-13H2. The highest BCUT2D eigenvalue weighted by Crippen LogP contribution is 2.05. The van der Waals surface area contributed by atoms with E-state index in [1.807, 2.05) is 36.4 Å². The van der Waals surface area contributed by atoms with E-state index in [-0.39, 0.29) is 6.10 Å². The third-order valence-electron chi connectivity index (χ3n) is 2.29. The molecule has 1 atom stereocenters. The zero-order valence-electron chi connectivity index (χ0n) is 10.2. The molecule has 0 N–H and O–H groups in total. The highest BCUT2D eigenvalue weighted by atomic mass is 16.5. The van der Waals surface area contributed by atoms with Crippen LogP contribution in [0.3, 0.4) is 0 Å². The van der Waals surface area contributed by atoms with Crippen molar-refractivity contribution in [3.05, 3.63) is 61.2 Å². The zero-order valence-corrected chi connectivity index (χ0v) is 10.2. The topological polar surface area (TPSA) is 18.5 Å². The van der Waals surface area contributed by atoms with Crippen LogP contribution in [-0.2, 0) is 16.1 Å². The summed E-state index contributed by atoms with van der Waals surface area (Å²) in [6, 6.07) is 10.1. The number of ether oxygens (including phenoxy) is 2. The monoisotopic (exact) mass is 232 g/mol. The third kappa shape index (κ3) is 6.05. The van der Waals surface area contributed by atoms with Crippen LogP contribution in [0.15, 0.2) is 55.6 Å². The van der Waals surface area contributed by atoms with Crippen molar-refractivity contribution in [2.45, 2.75) is 19.1 Å². The van der Waals surface area contributed by atoms with Gasteiger partial charge in [0, 0.05) is 0 Å². The summed E-state index contributed by atoms with van der Waals surface area (Å²) in [5.74, 6) is 0. The second-order valence-corrected chi connectivity index (χ2v) is 3.77. The maximum Gasteiger partial charge on any atom is 0.0847 e. The van der Waals surface area contributed by atoms with Crippen LogP contribution in [0.1, 0.15) is 12.0 Å². The van der Waals surface area contributed by atoms with Gasteiger partial charge in [0.2, 0.25) is 0 Å². The molecule has 17 heavy (non-hydrogen) atoms. The summed E-state index contributed by atoms with van der Waals surface area (Å²) in [4.78, 5) is 0. The minimum Gasteiger partial charge on any atom is -0.374 e. The van der Waals surface area contributed by atoms with Gasteiger partial charge in [-0.1, -0.05) is 42.5 Å². The molecule has 1 aromatic carbocycles. The molecule has 0 aliphatic heterocycles. The Labute approximate surface area is 104 Å². The Balaban J connectivity index is 2.26. The molecule has 0 heterocycles. The lowest BCUT2D eigenvalue weighted by molar-refractivity contribution is -0.00940. The maximum absolute atomic E-state index is 5.62. The van der Waals surface area contributed by atoms with E-state index in [2.05, 4.69) is 13.2 Å². The lowest BCUT2D eigenvalue weighted by atomic mass is 10.2. The zero-order chi connectivity index (χ0) is 12.3. The predicted molar refractivity (Wildman–Crippen MR) is 70.8 cm³/mol. The highest BCUT2D eigenvalue weighted by Gasteiger charge is 2.06. The first-order chi connectivity index (χ1) is 8.36. The molecule has 0 saturated heterocycles. The van der Waals surface area contributed by atoms with Crippen LogP contribution >= 0.6 is 0 Å². The molecule has 0 bridgehead atoms. The summed E-state index contributed by atoms with van der Waals surface area (Å²) >= 11 is 0. The van der Waals surface area contributed by atoms with Crippen molar-refractivity contribution in [1.82, 2.24) is 0 Å². The fourth-order valence-corrected chi connectivity index (χ4v) is 1.46. The Morgan fingerprint density at radius 1 is 1.12 bits per heavy atom. The van der Waals surface area contributed by atoms with E-state index in [0.717, 1.165) is 6.42 Å². The van der Waals surface area contributed by atoms with Crippen molar-refractivity contribution >= 4 is 0 Å². The molecule has 0 aliphatic carbocycles. The molecular weight excluding hydrogens is 212 g/mol. The van der Waals surface area contributed by atoms with E-state index in [4.69, 9.17) is 9.47 Å². The molecule has 92 valence electrons. The first kappa shape index (κ1) is 13.7. The minimum absolute atomic E-state index is 0.0641. The summed E-state index contributed by atoms with van der Waals surface area (Å²) < 4.78 is 11.2. The SMILES string of the molecule is C=CCOC(CC=C)COCc1ccccc1. The normalized spacial score (nSPS) is 12.0. The number of benzene rings is 1. The fourth-order valence-electron chi connectivity index (χ4n) is 1.46. The number of hydrogen-bond donors (Lipinski definition) is 0. The van der Waals surface area contributed by atoms with Gasteiger partial charge in [-0.2, -0.15) is 0 Å². The first-order valence-corrected chi connectivity index (χ1v) is 5.82. The van der Waals surface area contributed by atoms with Crippen LogP contribution in [0.2, 0.25) is 0 Å². The summed E-state index contributed by atoms with van der Waals surface area (Å²) in [5, 5.41) is 0. The Hall–Kier alpha value is -1.38. The molecule has 1 aromatic rings. The van der Waals surface area contributed by atoms with Gasteiger partial charge in [0.1, 0.15) is 0 Å². The molecule has 0 aliphatic rings.